The topological polar surface area (TPSA) is 52.7 Å². The Morgan fingerprint density at radius 3 is 2.47 bits per heavy atom. The molecule has 6 heteroatoms. The molecule has 0 N–H and O–H groups in total. The average Bonchev–Trinajstić information content (AvgIpc) is 2.81. The van der Waals surface area contributed by atoms with Crippen LogP contribution in [0.4, 0.5) is 0 Å². The van der Waals surface area contributed by atoms with Crippen LogP contribution in [0.5, 0.6) is 0 Å². The Hall–Kier alpha value is -1.43. The molecule has 2 heterocycles. The molecule has 2 rings (SSSR count). The lowest BCUT2D eigenvalue weighted by atomic mass is 10.1. The van der Waals surface area contributed by atoms with E-state index in [0.717, 1.165) is 11.4 Å². The van der Waals surface area contributed by atoms with Gasteiger partial charge in [-0.25, -0.2) is 0 Å². The third-order valence-corrected chi connectivity index (χ3v) is 3.77. The molecule has 0 saturated carbocycles. The van der Waals surface area contributed by atoms with Gasteiger partial charge in [0.05, 0.1) is 21.9 Å². The van der Waals surface area contributed by atoms with Crippen molar-refractivity contribution >= 4 is 21.7 Å². The van der Waals surface area contributed by atoms with E-state index in [0.29, 0.717) is 15.7 Å². The third-order valence-electron chi connectivity index (χ3n) is 3.19. The molecule has 0 saturated heterocycles. The highest BCUT2D eigenvalue weighted by Gasteiger charge is 2.25. The molecule has 2 aromatic heterocycles. The molecule has 0 fully saturated rings. The maximum Gasteiger partial charge on any atom is 0.215 e. The minimum absolute atomic E-state index is 0.0406. The van der Waals surface area contributed by atoms with E-state index < -0.39 is 0 Å². The van der Waals surface area contributed by atoms with E-state index in [1.807, 2.05) is 34.7 Å². The van der Waals surface area contributed by atoms with Crippen LogP contribution in [-0.2, 0) is 7.05 Å². The Morgan fingerprint density at radius 1 is 1.37 bits per heavy atom. The minimum atomic E-state index is -0.0406. The monoisotopic (exact) mass is 324 g/mol. The van der Waals surface area contributed by atoms with Crippen LogP contribution in [0.25, 0.3) is 0 Å². The van der Waals surface area contributed by atoms with Crippen molar-refractivity contribution in [1.29, 1.82) is 0 Å². The smallest absolute Gasteiger partial charge is 0.215 e. The Labute approximate surface area is 120 Å². The summed E-state index contributed by atoms with van der Waals surface area (Å²) in [5.41, 5.74) is 2.85. The van der Waals surface area contributed by atoms with Gasteiger partial charge in [0.15, 0.2) is 0 Å². The van der Waals surface area contributed by atoms with Gasteiger partial charge in [-0.05, 0) is 43.6 Å². The van der Waals surface area contributed by atoms with E-state index in [1.165, 1.54) is 0 Å². The fourth-order valence-electron chi connectivity index (χ4n) is 2.17. The maximum atomic E-state index is 12.8. The molecule has 0 unspecified atom stereocenters. The van der Waals surface area contributed by atoms with Crippen molar-refractivity contribution in [2.45, 2.75) is 33.7 Å². The van der Waals surface area contributed by atoms with Gasteiger partial charge in [0.25, 0.3) is 0 Å². The lowest BCUT2D eigenvalue weighted by Gasteiger charge is -2.10. The molecule has 0 radical (unpaired) electrons. The number of aromatic nitrogens is 4. The number of halogens is 1. The number of aryl methyl sites for hydroxylation is 2. The number of nitrogens with zero attached hydrogens (tertiary/aromatic N) is 4. The van der Waals surface area contributed by atoms with Gasteiger partial charge in [-0.3, -0.25) is 14.2 Å². The molecule has 0 amide bonds. The SMILES string of the molecule is Cc1nn(C)c(C)c1C(=O)c1c(Br)cnn1C(C)C. The van der Waals surface area contributed by atoms with E-state index in [2.05, 4.69) is 26.1 Å². The summed E-state index contributed by atoms with van der Waals surface area (Å²) in [6, 6.07) is 0.127. The van der Waals surface area contributed by atoms with E-state index >= 15 is 0 Å². The zero-order valence-corrected chi connectivity index (χ0v) is 13.3. The Kier molecular flexibility index (Phi) is 3.62. The van der Waals surface area contributed by atoms with Gasteiger partial charge in [-0.1, -0.05) is 0 Å². The molecular weight excluding hydrogens is 308 g/mol. The number of carbonyl (C=O) groups excluding carboxylic acids is 1. The summed E-state index contributed by atoms with van der Waals surface area (Å²) in [6.07, 6.45) is 1.66. The highest BCUT2D eigenvalue weighted by Crippen LogP contribution is 2.25. The number of carbonyl (C=O) groups is 1. The second-order valence-electron chi connectivity index (χ2n) is 4.88. The van der Waals surface area contributed by atoms with E-state index in [-0.39, 0.29) is 11.8 Å². The summed E-state index contributed by atoms with van der Waals surface area (Å²) in [5, 5.41) is 8.55. The predicted octanol–water partition coefficient (Wildman–Crippen LogP) is 2.81. The quantitative estimate of drug-likeness (QED) is 0.816. The predicted molar refractivity (Wildman–Crippen MR) is 76.4 cm³/mol. The van der Waals surface area contributed by atoms with Crippen molar-refractivity contribution in [3.05, 3.63) is 33.3 Å². The van der Waals surface area contributed by atoms with Gasteiger partial charge < -0.3 is 0 Å². The summed E-state index contributed by atoms with van der Waals surface area (Å²) in [6.45, 7) is 7.75. The molecule has 0 aliphatic heterocycles. The van der Waals surface area contributed by atoms with Gasteiger partial charge in [-0.15, -0.1) is 0 Å². The molecule has 2 aromatic rings. The molecule has 0 spiro atoms. The molecule has 0 aromatic carbocycles. The maximum absolute atomic E-state index is 12.8. The van der Waals surface area contributed by atoms with Crippen LogP contribution in [0.2, 0.25) is 0 Å². The molecular formula is C13H17BrN4O. The van der Waals surface area contributed by atoms with Crippen molar-refractivity contribution in [2.24, 2.45) is 7.05 Å². The largest absolute Gasteiger partial charge is 0.287 e. The summed E-state index contributed by atoms with van der Waals surface area (Å²) >= 11 is 3.41. The van der Waals surface area contributed by atoms with Crippen LogP contribution >= 0.6 is 15.9 Å². The van der Waals surface area contributed by atoms with Crippen molar-refractivity contribution < 1.29 is 4.79 Å². The third kappa shape index (κ3) is 2.25. The van der Waals surface area contributed by atoms with Crippen LogP contribution in [0.3, 0.4) is 0 Å². The molecule has 19 heavy (non-hydrogen) atoms. The molecule has 0 bridgehead atoms. The number of rotatable bonds is 3. The number of ketones is 1. The van der Waals surface area contributed by atoms with Gasteiger partial charge in [0.2, 0.25) is 5.78 Å². The molecule has 0 atom stereocenters. The molecule has 102 valence electrons. The standard InChI is InChI=1S/C13H17BrN4O/c1-7(2)18-12(10(14)6-15-18)13(19)11-8(3)16-17(5)9(11)4/h6-7H,1-5H3. The average molecular weight is 325 g/mol. The van der Waals surface area contributed by atoms with Crippen LogP contribution in [0.15, 0.2) is 10.7 Å². The number of hydrogen-bond acceptors (Lipinski definition) is 3. The minimum Gasteiger partial charge on any atom is -0.287 e. The first-order chi connectivity index (χ1) is 8.84. The zero-order valence-electron chi connectivity index (χ0n) is 11.7. The van der Waals surface area contributed by atoms with E-state index in [4.69, 9.17) is 0 Å². The van der Waals surface area contributed by atoms with Crippen LogP contribution < -0.4 is 0 Å². The van der Waals surface area contributed by atoms with Crippen molar-refractivity contribution in [1.82, 2.24) is 19.6 Å². The van der Waals surface area contributed by atoms with Crippen molar-refractivity contribution in [3.63, 3.8) is 0 Å². The Bertz CT molecular complexity index is 639. The summed E-state index contributed by atoms with van der Waals surface area (Å²) in [5.74, 6) is -0.0406. The van der Waals surface area contributed by atoms with Gasteiger partial charge in [0.1, 0.15) is 5.69 Å². The first kappa shape index (κ1) is 14.0. The number of hydrogen-bond donors (Lipinski definition) is 0. The lowest BCUT2D eigenvalue weighted by molar-refractivity contribution is 0.102. The normalized spacial score (nSPS) is 11.3. The van der Waals surface area contributed by atoms with Crippen molar-refractivity contribution in [3.8, 4) is 0 Å². The zero-order chi connectivity index (χ0) is 14.3. The van der Waals surface area contributed by atoms with Crippen LogP contribution in [0.1, 0.15) is 47.3 Å². The lowest BCUT2D eigenvalue weighted by Crippen LogP contribution is -2.15. The first-order valence-corrected chi connectivity index (χ1v) is 6.91. The Morgan fingerprint density at radius 2 is 2.00 bits per heavy atom. The van der Waals surface area contributed by atoms with E-state index in [1.54, 1.807) is 15.6 Å². The molecule has 0 aliphatic rings. The summed E-state index contributed by atoms with van der Waals surface area (Å²) < 4.78 is 4.18. The van der Waals surface area contributed by atoms with E-state index in [9.17, 15) is 4.79 Å². The summed E-state index contributed by atoms with van der Waals surface area (Å²) in [7, 11) is 1.84. The van der Waals surface area contributed by atoms with Crippen LogP contribution in [-0.4, -0.2) is 25.3 Å². The second kappa shape index (κ2) is 4.92. The first-order valence-electron chi connectivity index (χ1n) is 6.12. The fraction of sp³-hybridized carbons (Fsp3) is 0.462. The Balaban J connectivity index is 2.59. The second-order valence-corrected chi connectivity index (χ2v) is 5.73. The molecule has 5 nitrogen and oxygen atoms in total. The van der Waals surface area contributed by atoms with Gasteiger partial charge in [-0.2, -0.15) is 10.2 Å². The highest BCUT2D eigenvalue weighted by atomic mass is 79.9. The van der Waals surface area contributed by atoms with Gasteiger partial charge in [0, 0.05) is 18.8 Å². The molecule has 0 aliphatic carbocycles. The summed E-state index contributed by atoms with van der Waals surface area (Å²) in [4.78, 5) is 12.8. The highest BCUT2D eigenvalue weighted by molar-refractivity contribution is 9.10. The van der Waals surface area contributed by atoms with Gasteiger partial charge >= 0.3 is 0 Å². The fourth-order valence-corrected chi connectivity index (χ4v) is 2.62. The van der Waals surface area contributed by atoms with Crippen molar-refractivity contribution in [2.75, 3.05) is 0 Å². The van der Waals surface area contributed by atoms with Crippen LogP contribution in [0, 0.1) is 13.8 Å².